The van der Waals surface area contributed by atoms with Crippen molar-refractivity contribution in [3.63, 3.8) is 0 Å². The molecule has 2 aliphatic rings. The van der Waals surface area contributed by atoms with E-state index in [-0.39, 0.29) is 0 Å². The van der Waals surface area contributed by atoms with Crippen molar-refractivity contribution in [2.75, 3.05) is 36.0 Å². The van der Waals surface area contributed by atoms with Gasteiger partial charge in [0.05, 0.1) is 5.56 Å². The number of aromatic nitrogens is 2. The molecule has 3 heterocycles. The van der Waals surface area contributed by atoms with Crippen LogP contribution in [0.2, 0.25) is 0 Å². The molecule has 2 aliphatic heterocycles. The molecule has 1 aromatic rings. The molecule has 0 saturated carbocycles. The van der Waals surface area contributed by atoms with Crippen LogP contribution >= 0.6 is 0 Å². The molecule has 5 nitrogen and oxygen atoms in total. The van der Waals surface area contributed by atoms with Gasteiger partial charge < -0.3 is 9.80 Å². The van der Waals surface area contributed by atoms with Gasteiger partial charge in [0, 0.05) is 26.2 Å². The summed E-state index contributed by atoms with van der Waals surface area (Å²) in [5, 5.41) is 0. The summed E-state index contributed by atoms with van der Waals surface area (Å²) in [4.78, 5) is 24.5. The van der Waals surface area contributed by atoms with Gasteiger partial charge in [0.1, 0.15) is 18.0 Å². The second-order valence-electron chi connectivity index (χ2n) is 4.94. The lowest BCUT2D eigenvalue weighted by molar-refractivity contribution is 0.112. The van der Waals surface area contributed by atoms with Crippen LogP contribution in [0.25, 0.3) is 0 Å². The average molecular weight is 246 g/mol. The number of rotatable bonds is 3. The van der Waals surface area contributed by atoms with Gasteiger partial charge in [-0.1, -0.05) is 0 Å². The molecule has 0 aromatic carbocycles. The van der Waals surface area contributed by atoms with E-state index in [2.05, 4.69) is 19.8 Å². The standard InChI is InChI=1S/C13H18N4O/c18-9-11-12(16-5-1-2-6-16)14-10-15-13(11)17-7-3-4-8-17/h9-10H,1-8H2. The number of nitrogens with zero attached hydrogens (tertiary/aromatic N) is 4. The maximum atomic E-state index is 11.4. The Kier molecular flexibility index (Phi) is 3.13. The SMILES string of the molecule is O=Cc1c(N2CCCC2)ncnc1N1CCCC1. The molecule has 0 atom stereocenters. The molecule has 2 saturated heterocycles. The van der Waals surface area contributed by atoms with E-state index < -0.39 is 0 Å². The normalized spacial score (nSPS) is 19.6. The van der Waals surface area contributed by atoms with Crippen LogP contribution in [-0.4, -0.2) is 42.4 Å². The summed E-state index contributed by atoms with van der Waals surface area (Å²) < 4.78 is 0. The molecule has 3 rings (SSSR count). The zero-order valence-corrected chi connectivity index (χ0v) is 10.5. The summed E-state index contributed by atoms with van der Waals surface area (Å²) in [6.45, 7) is 3.99. The van der Waals surface area contributed by atoms with Crippen LogP contribution in [-0.2, 0) is 0 Å². The van der Waals surface area contributed by atoms with Crippen molar-refractivity contribution < 1.29 is 4.79 Å². The summed E-state index contributed by atoms with van der Waals surface area (Å²) in [5.74, 6) is 1.64. The van der Waals surface area contributed by atoms with E-state index in [9.17, 15) is 4.79 Å². The lowest BCUT2D eigenvalue weighted by Gasteiger charge is -2.23. The third kappa shape index (κ3) is 1.94. The minimum atomic E-state index is 0.668. The molecule has 96 valence electrons. The highest BCUT2D eigenvalue weighted by Crippen LogP contribution is 2.28. The first-order valence-corrected chi connectivity index (χ1v) is 6.70. The van der Waals surface area contributed by atoms with Gasteiger partial charge in [-0.05, 0) is 25.7 Å². The lowest BCUT2D eigenvalue weighted by Crippen LogP contribution is -2.25. The number of hydrogen-bond donors (Lipinski definition) is 0. The molecule has 0 N–H and O–H groups in total. The molecular formula is C13H18N4O. The molecule has 1 aromatic heterocycles. The van der Waals surface area contributed by atoms with Gasteiger partial charge in [-0.2, -0.15) is 0 Å². The average Bonchev–Trinajstić information content (AvgIpc) is 3.10. The van der Waals surface area contributed by atoms with Crippen molar-refractivity contribution in [1.29, 1.82) is 0 Å². The maximum absolute atomic E-state index is 11.4. The Hall–Kier alpha value is -1.65. The van der Waals surface area contributed by atoms with Gasteiger partial charge in [0.25, 0.3) is 0 Å². The van der Waals surface area contributed by atoms with Crippen LogP contribution in [0.4, 0.5) is 11.6 Å². The number of carbonyl (C=O) groups is 1. The number of hydrogen-bond acceptors (Lipinski definition) is 5. The predicted molar refractivity (Wildman–Crippen MR) is 70.3 cm³/mol. The molecule has 5 heteroatoms. The Balaban J connectivity index is 1.98. The van der Waals surface area contributed by atoms with Crippen LogP contribution in [0.3, 0.4) is 0 Å². The second kappa shape index (κ2) is 4.92. The minimum absolute atomic E-state index is 0.668. The molecule has 0 amide bonds. The fraction of sp³-hybridized carbons (Fsp3) is 0.615. The first-order valence-electron chi connectivity index (χ1n) is 6.70. The smallest absolute Gasteiger partial charge is 0.157 e. The topological polar surface area (TPSA) is 49.3 Å². The van der Waals surface area contributed by atoms with Gasteiger partial charge in [-0.3, -0.25) is 4.79 Å². The Morgan fingerprint density at radius 3 is 1.72 bits per heavy atom. The summed E-state index contributed by atoms with van der Waals surface area (Å²) in [6.07, 6.45) is 7.24. The van der Waals surface area contributed by atoms with E-state index in [4.69, 9.17) is 0 Å². The molecule has 0 aliphatic carbocycles. The highest BCUT2D eigenvalue weighted by molar-refractivity contribution is 5.90. The van der Waals surface area contributed by atoms with E-state index in [0.717, 1.165) is 44.1 Å². The summed E-state index contributed by atoms with van der Waals surface area (Å²) in [6, 6.07) is 0. The summed E-state index contributed by atoms with van der Waals surface area (Å²) >= 11 is 0. The Morgan fingerprint density at radius 2 is 1.33 bits per heavy atom. The van der Waals surface area contributed by atoms with Gasteiger partial charge in [-0.25, -0.2) is 9.97 Å². The quantitative estimate of drug-likeness (QED) is 0.756. The Bertz CT molecular complexity index is 402. The van der Waals surface area contributed by atoms with E-state index in [1.165, 1.54) is 25.7 Å². The highest BCUT2D eigenvalue weighted by Gasteiger charge is 2.23. The zero-order chi connectivity index (χ0) is 12.4. The van der Waals surface area contributed by atoms with Gasteiger partial charge in [-0.15, -0.1) is 0 Å². The van der Waals surface area contributed by atoms with Gasteiger partial charge in [0.2, 0.25) is 0 Å². The van der Waals surface area contributed by atoms with E-state index in [1.807, 2.05) is 0 Å². The molecule has 0 spiro atoms. The highest BCUT2D eigenvalue weighted by atomic mass is 16.1. The van der Waals surface area contributed by atoms with Crippen molar-refractivity contribution in [2.24, 2.45) is 0 Å². The number of aldehydes is 1. The Labute approximate surface area is 107 Å². The first-order chi connectivity index (χ1) is 8.90. The fourth-order valence-corrected chi connectivity index (χ4v) is 2.84. The predicted octanol–water partition coefficient (Wildman–Crippen LogP) is 1.49. The summed E-state index contributed by atoms with van der Waals surface area (Å²) in [5.41, 5.74) is 0.668. The van der Waals surface area contributed by atoms with Crippen LogP contribution in [0.15, 0.2) is 6.33 Å². The van der Waals surface area contributed by atoms with Crippen molar-refractivity contribution >= 4 is 17.9 Å². The fourth-order valence-electron chi connectivity index (χ4n) is 2.84. The molecule has 2 fully saturated rings. The van der Waals surface area contributed by atoms with Crippen LogP contribution in [0.1, 0.15) is 36.0 Å². The minimum Gasteiger partial charge on any atom is -0.356 e. The maximum Gasteiger partial charge on any atom is 0.157 e. The third-order valence-electron chi connectivity index (χ3n) is 3.77. The Morgan fingerprint density at radius 1 is 0.889 bits per heavy atom. The molecule has 0 radical (unpaired) electrons. The molecule has 0 unspecified atom stereocenters. The van der Waals surface area contributed by atoms with Crippen molar-refractivity contribution in [3.8, 4) is 0 Å². The number of anilines is 2. The summed E-state index contributed by atoms with van der Waals surface area (Å²) in [7, 11) is 0. The molecular weight excluding hydrogens is 228 g/mol. The largest absolute Gasteiger partial charge is 0.356 e. The first kappa shape index (κ1) is 11.4. The van der Waals surface area contributed by atoms with Crippen LogP contribution in [0.5, 0.6) is 0 Å². The van der Waals surface area contributed by atoms with E-state index in [0.29, 0.717) is 5.56 Å². The zero-order valence-electron chi connectivity index (χ0n) is 10.5. The molecule has 0 bridgehead atoms. The van der Waals surface area contributed by atoms with Crippen molar-refractivity contribution in [3.05, 3.63) is 11.9 Å². The lowest BCUT2D eigenvalue weighted by atomic mass is 10.2. The van der Waals surface area contributed by atoms with Gasteiger partial charge in [0.15, 0.2) is 6.29 Å². The van der Waals surface area contributed by atoms with Crippen LogP contribution in [0, 0.1) is 0 Å². The third-order valence-corrected chi connectivity index (χ3v) is 3.77. The van der Waals surface area contributed by atoms with Crippen molar-refractivity contribution in [2.45, 2.75) is 25.7 Å². The number of carbonyl (C=O) groups excluding carboxylic acids is 1. The van der Waals surface area contributed by atoms with E-state index in [1.54, 1.807) is 6.33 Å². The monoisotopic (exact) mass is 246 g/mol. The van der Waals surface area contributed by atoms with Crippen LogP contribution < -0.4 is 9.80 Å². The van der Waals surface area contributed by atoms with E-state index >= 15 is 0 Å². The second-order valence-corrected chi connectivity index (χ2v) is 4.94. The van der Waals surface area contributed by atoms with Gasteiger partial charge >= 0.3 is 0 Å². The van der Waals surface area contributed by atoms with Crippen molar-refractivity contribution in [1.82, 2.24) is 9.97 Å². The molecule has 18 heavy (non-hydrogen) atoms.